The largest absolute Gasteiger partial charge is 0.493 e. The lowest BCUT2D eigenvalue weighted by Crippen LogP contribution is -2.46. The summed E-state index contributed by atoms with van der Waals surface area (Å²) in [5, 5.41) is 12.1. The molecule has 36 heavy (non-hydrogen) atoms. The number of aryl methyl sites for hydroxylation is 1. The third-order valence-corrected chi connectivity index (χ3v) is 6.78. The fourth-order valence-corrected chi connectivity index (χ4v) is 4.56. The van der Waals surface area contributed by atoms with E-state index in [0.717, 1.165) is 12.8 Å². The summed E-state index contributed by atoms with van der Waals surface area (Å²) in [5.74, 6) is 0.599. The first-order valence-electron chi connectivity index (χ1n) is 12.0. The number of H-pyrrole nitrogens is 1. The number of ether oxygens (including phenoxy) is 1. The van der Waals surface area contributed by atoms with Gasteiger partial charge in [-0.25, -0.2) is 23.5 Å². The van der Waals surface area contributed by atoms with Crippen molar-refractivity contribution >= 4 is 23.0 Å². The molecule has 3 aromatic rings. The van der Waals surface area contributed by atoms with Gasteiger partial charge in [0.1, 0.15) is 23.3 Å². The topological polar surface area (TPSA) is 120 Å². The molecule has 190 valence electrons. The van der Waals surface area contributed by atoms with Crippen LogP contribution in [0, 0.1) is 12.8 Å². The predicted octanol–water partition coefficient (Wildman–Crippen LogP) is 4.53. The van der Waals surface area contributed by atoms with Gasteiger partial charge >= 0.3 is 6.09 Å². The highest BCUT2D eigenvalue weighted by Gasteiger charge is 2.28. The van der Waals surface area contributed by atoms with Crippen molar-refractivity contribution in [1.29, 1.82) is 0 Å². The molecule has 1 aliphatic carbocycles. The molecular weight excluding hydrogens is 472 g/mol. The number of rotatable bonds is 7. The number of nitrogens with one attached hydrogen (secondary N) is 2. The first-order valence-corrected chi connectivity index (χ1v) is 12.0. The van der Waals surface area contributed by atoms with Gasteiger partial charge in [0.15, 0.2) is 0 Å². The Bertz CT molecular complexity index is 1300. The Morgan fingerprint density at radius 3 is 2.64 bits per heavy atom. The average Bonchev–Trinajstić information content (AvgIpc) is 3.62. The standard InChI is InChI=1S/C25H27F2N5O4/c1-13-19(24(33)31-16-6-8-32(9-7-16)25(34)35)21-22(30-13)20(28-12-29-21)17-10-15(23(26)27)4-5-18(17)36-11-14-2-3-14/h4-5,10,12,14,16,23,30H,2-3,6-9,11H2,1H3,(H,31,33)(H,34,35). The number of carboxylic acid groups (broad SMARTS) is 1. The molecule has 3 N–H and O–H groups in total. The summed E-state index contributed by atoms with van der Waals surface area (Å²) in [6.07, 6.45) is 0.902. The quantitative estimate of drug-likeness (QED) is 0.439. The third kappa shape index (κ3) is 4.82. The summed E-state index contributed by atoms with van der Waals surface area (Å²) in [7, 11) is 0. The first-order chi connectivity index (χ1) is 17.3. The maximum atomic E-state index is 13.5. The molecule has 0 atom stereocenters. The van der Waals surface area contributed by atoms with Crippen LogP contribution in [-0.2, 0) is 0 Å². The van der Waals surface area contributed by atoms with Crippen molar-refractivity contribution in [2.24, 2.45) is 5.92 Å². The zero-order chi connectivity index (χ0) is 25.4. The van der Waals surface area contributed by atoms with Gasteiger partial charge in [-0.2, -0.15) is 0 Å². The van der Waals surface area contributed by atoms with Gasteiger partial charge in [0, 0.05) is 36.0 Å². The zero-order valence-electron chi connectivity index (χ0n) is 19.8. The zero-order valence-corrected chi connectivity index (χ0v) is 19.8. The van der Waals surface area contributed by atoms with Crippen molar-refractivity contribution in [3.8, 4) is 17.0 Å². The van der Waals surface area contributed by atoms with Crippen LogP contribution in [0.1, 0.15) is 53.7 Å². The Hall–Kier alpha value is -3.76. The highest BCUT2D eigenvalue weighted by Crippen LogP contribution is 2.38. The minimum absolute atomic E-state index is 0.149. The molecule has 1 aromatic carbocycles. The number of piperidine rings is 1. The number of carbonyl (C=O) groups is 2. The number of carbonyl (C=O) groups excluding carboxylic acids is 1. The Kier molecular flexibility index (Phi) is 6.46. The average molecular weight is 500 g/mol. The molecule has 1 saturated carbocycles. The number of hydrogen-bond donors (Lipinski definition) is 3. The van der Waals surface area contributed by atoms with Gasteiger partial charge in [0.25, 0.3) is 12.3 Å². The van der Waals surface area contributed by atoms with Crippen LogP contribution in [0.4, 0.5) is 13.6 Å². The summed E-state index contributed by atoms with van der Waals surface area (Å²) in [4.78, 5) is 37.6. The molecule has 0 radical (unpaired) electrons. The van der Waals surface area contributed by atoms with E-state index in [1.54, 1.807) is 13.0 Å². The fourth-order valence-electron chi connectivity index (χ4n) is 4.56. The molecule has 0 unspecified atom stereocenters. The summed E-state index contributed by atoms with van der Waals surface area (Å²) < 4.78 is 33.0. The number of likely N-dealkylation sites (tertiary alicyclic amines) is 1. The molecular formula is C25H27F2N5O4. The number of alkyl halides is 2. The van der Waals surface area contributed by atoms with E-state index in [4.69, 9.17) is 9.84 Å². The molecule has 2 aliphatic rings. The van der Waals surface area contributed by atoms with Crippen molar-refractivity contribution in [3.63, 3.8) is 0 Å². The van der Waals surface area contributed by atoms with Crippen LogP contribution in [0.25, 0.3) is 22.3 Å². The van der Waals surface area contributed by atoms with Crippen LogP contribution < -0.4 is 10.1 Å². The Morgan fingerprint density at radius 2 is 1.97 bits per heavy atom. The van der Waals surface area contributed by atoms with E-state index in [9.17, 15) is 18.4 Å². The molecule has 1 aliphatic heterocycles. The van der Waals surface area contributed by atoms with Crippen LogP contribution in [0.15, 0.2) is 24.5 Å². The van der Waals surface area contributed by atoms with Gasteiger partial charge in [-0.1, -0.05) is 0 Å². The van der Waals surface area contributed by atoms with E-state index in [0.29, 0.717) is 77.8 Å². The minimum Gasteiger partial charge on any atom is -0.493 e. The molecule has 1 saturated heterocycles. The molecule has 2 aromatic heterocycles. The van der Waals surface area contributed by atoms with Crippen molar-refractivity contribution in [2.75, 3.05) is 19.7 Å². The van der Waals surface area contributed by atoms with Crippen LogP contribution >= 0.6 is 0 Å². The van der Waals surface area contributed by atoms with Crippen LogP contribution in [0.3, 0.4) is 0 Å². The number of benzene rings is 1. The van der Waals surface area contributed by atoms with Crippen molar-refractivity contribution in [3.05, 3.63) is 41.3 Å². The Labute approximate surface area is 205 Å². The van der Waals surface area contributed by atoms with Gasteiger partial charge in [0.05, 0.1) is 17.7 Å². The monoisotopic (exact) mass is 499 g/mol. The molecule has 2 fully saturated rings. The second-order valence-electron chi connectivity index (χ2n) is 9.40. The first kappa shape index (κ1) is 24.0. The fraction of sp³-hybridized carbons (Fsp3) is 0.440. The highest BCUT2D eigenvalue weighted by molar-refractivity contribution is 6.09. The van der Waals surface area contributed by atoms with E-state index >= 15 is 0 Å². The Balaban J connectivity index is 1.46. The van der Waals surface area contributed by atoms with Gasteiger partial charge in [-0.3, -0.25) is 4.79 Å². The van der Waals surface area contributed by atoms with Gasteiger partial charge in [-0.15, -0.1) is 0 Å². The SMILES string of the molecule is Cc1[nH]c2c(-c3cc(C(F)F)ccc3OCC3CC3)ncnc2c1C(=O)NC1CCN(C(=O)O)CC1. The molecule has 3 heterocycles. The predicted molar refractivity (Wildman–Crippen MR) is 127 cm³/mol. The maximum Gasteiger partial charge on any atom is 0.407 e. The summed E-state index contributed by atoms with van der Waals surface area (Å²) in [6, 6.07) is 4.10. The van der Waals surface area contributed by atoms with Crippen molar-refractivity contribution in [2.45, 2.75) is 45.1 Å². The third-order valence-electron chi connectivity index (χ3n) is 6.78. The van der Waals surface area contributed by atoms with Crippen LogP contribution in [0.5, 0.6) is 5.75 Å². The molecule has 0 spiro atoms. The van der Waals surface area contributed by atoms with E-state index in [-0.39, 0.29) is 17.5 Å². The molecule has 11 heteroatoms. The highest BCUT2D eigenvalue weighted by atomic mass is 19.3. The molecule has 9 nitrogen and oxygen atoms in total. The summed E-state index contributed by atoms with van der Waals surface area (Å²) >= 11 is 0. The lowest BCUT2D eigenvalue weighted by atomic mass is 10.0. The van der Waals surface area contributed by atoms with E-state index in [1.807, 2.05) is 0 Å². The molecule has 5 rings (SSSR count). The normalized spacial score (nSPS) is 16.5. The van der Waals surface area contributed by atoms with Crippen molar-refractivity contribution < 1.29 is 28.2 Å². The maximum absolute atomic E-state index is 13.5. The van der Waals surface area contributed by atoms with Gasteiger partial charge < -0.3 is 25.0 Å². The second-order valence-corrected chi connectivity index (χ2v) is 9.40. The number of fused-ring (bicyclic) bond motifs is 1. The van der Waals surface area contributed by atoms with Crippen molar-refractivity contribution in [1.82, 2.24) is 25.2 Å². The lowest BCUT2D eigenvalue weighted by Gasteiger charge is -2.30. The van der Waals surface area contributed by atoms with Gasteiger partial charge in [0.2, 0.25) is 0 Å². The number of hydrogen-bond acceptors (Lipinski definition) is 5. The molecule has 2 amide bonds. The van der Waals surface area contributed by atoms with Crippen LogP contribution in [-0.4, -0.2) is 62.7 Å². The number of aromatic nitrogens is 3. The van der Waals surface area contributed by atoms with E-state index in [2.05, 4.69) is 20.3 Å². The lowest BCUT2D eigenvalue weighted by molar-refractivity contribution is 0.0908. The van der Waals surface area contributed by atoms with Crippen LogP contribution in [0.2, 0.25) is 0 Å². The number of amides is 2. The van der Waals surface area contributed by atoms with Gasteiger partial charge in [-0.05, 0) is 56.7 Å². The summed E-state index contributed by atoms with van der Waals surface area (Å²) in [5.41, 5.74) is 2.40. The second kappa shape index (κ2) is 9.71. The van der Waals surface area contributed by atoms with E-state index in [1.165, 1.54) is 23.4 Å². The number of aromatic amines is 1. The number of halogens is 2. The summed E-state index contributed by atoms with van der Waals surface area (Å²) in [6.45, 7) is 2.95. The number of nitrogens with zero attached hydrogens (tertiary/aromatic N) is 3. The molecule has 0 bridgehead atoms. The van der Waals surface area contributed by atoms with E-state index < -0.39 is 12.5 Å². The minimum atomic E-state index is -2.65. The smallest absolute Gasteiger partial charge is 0.407 e. The Morgan fingerprint density at radius 1 is 1.22 bits per heavy atom.